The molecule has 0 saturated carbocycles. The number of carboxylic acids is 1. The molecule has 1 N–H and O–H groups in total. The van der Waals surface area contributed by atoms with Gasteiger partial charge in [-0.1, -0.05) is 0 Å². The fourth-order valence-corrected chi connectivity index (χ4v) is 1.83. The molecule has 94 valence electrons. The van der Waals surface area contributed by atoms with Crippen molar-refractivity contribution in [1.82, 2.24) is 0 Å². The van der Waals surface area contributed by atoms with Crippen LogP contribution in [0.4, 0.5) is 5.69 Å². The fourth-order valence-electron chi connectivity index (χ4n) is 1.83. The Morgan fingerprint density at radius 3 is 2.67 bits per heavy atom. The summed E-state index contributed by atoms with van der Waals surface area (Å²) in [6.45, 7) is 1.46. The summed E-state index contributed by atoms with van der Waals surface area (Å²) in [5.41, 5.74) is 0.0734. The van der Waals surface area contributed by atoms with Crippen LogP contribution in [0.5, 0.6) is 5.75 Å². The van der Waals surface area contributed by atoms with Crippen molar-refractivity contribution >= 4 is 22.6 Å². The predicted octanol–water partition coefficient (Wildman–Crippen LogP) is 2.36. The van der Waals surface area contributed by atoms with Gasteiger partial charge in [0.25, 0.3) is 5.69 Å². The van der Waals surface area contributed by atoms with Gasteiger partial charge in [-0.2, -0.15) is 0 Å². The average Bonchev–Trinajstić information content (AvgIpc) is 2.66. The van der Waals surface area contributed by atoms with Gasteiger partial charge in [-0.15, -0.1) is 0 Å². The van der Waals surface area contributed by atoms with Crippen LogP contribution in [-0.2, 0) is 0 Å². The topological polar surface area (TPSA) is 103 Å². The minimum atomic E-state index is -1.28. The molecule has 0 aliphatic rings. The Morgan fingerprint density at radius 2 is 2.17 bits per heavy atom. The monoisotopic (exact) mass is 251 g/mol. The summed E-state index contributed by atoms with van der Waals surface area (Å²) in [5, 5.41) is 20.0. The summed E-state index contributed by atoms with van der Waals surface area (Å²) in [6.07, 6.45) is 0. The summed E-state index contributed by atoms with van der Waals surface area (Å²) in [4.78, 5) is 21.3. The van der Waals surface area contributed by atoms with Crippen LogP contribution in [0.25, 0.3) is 11.0 Å². The lowest BCUT2D eigenvalue weighted by Gasteiger charge is -2.00. The zero-order chi connectivity index (χ0) is 13.4. The van der Waals surface area contributed by atoms with E-state index in [-0.39, 0.29) is 33.7 Å². The van der Waals surface area contributed by atoms with Crippen molar-refractivity contribution in [3.63, 3.8) is 0 Å². The van der Waals surface area contributed by atoms with Crippen LogP contribution >= 0.6 is 0 Å². The van der Waals surface area contributed by atoms with Gasteiger partial charge in [0.1, 0.15) is 5.39 Å². The number of nitro groups is 1. The quantitative estimate of drug-likeness (QED) is 0.663. The smallest absolute Gasteiger partial charge is 0.372 e. The lowest BCUT2D eigenvalue weighted by atomic mass is 10.1. The number of hydrogen-bond donors (Lipinski definition) is 1. The molecule has 2 rings (SSSR count). The van der Waals surface area contributed by atoms with E-state index in [1.54, 1.807) is 0 Å². The molecule has 1 aromatic heterocycles. The third-order valence-corrected chi connectivity index (χ3v) is 2.63. The Balaban J connectivity index is 2.93. The highest BCUT2D eigenvalue weighted by Crippen LogP contribution is 2.38. The van der Waals surface area contributed by atoms with Crippen molar-refractivity contribution in [3.8, 4) is 5.75 Å². The van der Waals surface area contributed by atoms with Gasteiger partial charge in [-0.05, 0) is 13.0 Å². The summed E-state index contributed by atoms with van der Waals surface area (Å²) in [7, 11) is 1.37. The van der Waals surface area contributed by atoms with E-state index >= 15 is 0 Å². The maximum Gasteiger partial charge on any atom is 0.372 e. The number of benzene rings is 1. The fraction of sp³-hybridized carbons (Fsp3) is 0.182. The van der Waals surface area contributed by atoms with Crippen LogP contribution in [0.15, 0.2) is 16.5 Å². The zero-order valence-corrected chi connectivity index (χ0v) is 9.59. The van der Waals surface area contributed by atoms with Crippen molar-refractivity contribution in [1.29, 1.82) is 0 Å². The number of rotatable bonds is 3. The molecular weight excluding hydrogens is 242 g/mol. The number of carbonyl (C=O) groups is 1. The molecule has 2 aromatic rings. The van der Waals surface area contributed by atoms with Gasteiger partial charge < -0.3 is 14.3 Å². The highest BCUT2D eigenvalue weighted by Gasteiger charge is 2.26. The number of carboxylic acid groups (broad SMARTS) is 1. The molecule has 0 saturated heterocycles. The number of non-ortho nitro benzene ring substituents is 1. The SMILES string of the molecule is COc1ccc([N+](=O)[O-])c2c(C)c(C(=O)O)oc12. The summed E-state index contributed by atoms with van der Waals surface area (Å²) in [5.74, 6) is -1.34. The van der Waals surface area contributed by atoms with E-state index in [1.165, 1.54) is 26.2 Å². The number of furan rings is 1. The minimum Gasteiger partial charge on any atom is -0.493 e. The van der Waals surface area contributed by atoms with Gasteiger partial charge in [0.15, 0.2) is 11.3 Å². The Bertz CT molecular complexity index is 657. The molecule has 0 bridgehead atoms. The van der Waals surface area contributed by atoms with E-state index in [1.807, 2.05) is 0 Å². The number of hydrogen-bond acceptors (Lipinski definition) is 5. The predicted molar refractivity (Wildman–Crippen MR) is 61.1 cm³/mol. The lowest BCUT2D eigenvalue weighted by Crippen LogP contribution is -1.96. The van der Waals surface area contributed by atoms with Crippen LogP contribution in [0.3, 0.4) is 0 Å². The first-order valence-corrected chi connectivity index (χ1v) is 4.95. The molecule has 7 nitrogen and oxygen atoms in total. The average molecular weight is 251 g/mol. The van der Waals surface area contributed by atoms with E-state index in [9.17, 15) is 14.9 Å². The first-order valence-electron chi connectivity index (χ1n) is 4.95. The molecule has 1 aromatic carbocycles. The number of aromatic carboxylic acids is 1. The second-order valence-corrected chi connectivity index (χ2v) is 3.61. The third-order valence-electron chi connectivity index (χ3n) is 2.63. The van der Waals surface area contributed by atoms with Crippen LogP contribution in [0.2, 0.25) is 0 Å². The molecule has 0 unspecified atom stereocenters. The summed E-state index contributed by atoms with van der Waals surface area (Å²) >= 11 is 0. The molecule has 7 heteroatoms. The van der Waals surface area contributed by atoms with Crippen LogP contribution in [0, 0.1) is 17.0 Å². The van der Waals surface area contributed by atoms with Crippen LogP contribution in [-0.4, -0.2) is 23.1 Å². The Hall–Kier alpha value is -2.57. The molecule has 0 aliphatic heterocycles. The standard InChI is InChI=1S/C11H9NO6/c1-5-8-6(12(15)16)3-4-7(17-2)10(8)18-9(5)11(13)14/h3-4H,1-2H3,(H,13,14). The van der Waals surface area contributed by atoms with Gasteiger partial charge in [0, 0.05) is 11.6 Å². The Morgan fingerprint density at radius 1 is 1.50 bits per heavy atom. The van der Waals surface area contributed by atoms with Crippen LogP contribution in [0.1, 0.15) is 16.1 Å². The highest BCUT2D eigenvalue weighted by molar-refractivity contribution is 6.01. The highest BCUT2D eigenvalue weighted by atomic mass is 16.6. The summed E-state index contributed by atoms with van der Waals surface area (Å²) < 4.78 is 10.1. The molecule has 0 fully saturated rings. The Kier molecular flexibility index (Phi) is 2.66. The largest absolute Gasteiger partial charge is 0.493 e. The molecule has 0 amide bonds. The number of nitrogens with zero attached hydrogens (tertiary/aromatic N) is 1. The first-order chi connectivity index (χ1) is 8.47. The number of aryl methyl sites for hydroxylation is 1. The summed E-state index contributed by atoms with van der Waals surface area (Å²) in [6, 6.07) is 2.63. The minimum absolute atomic E-state index is 0.0709. The van der Waals surface area contributed by atoms with Gasteiger partial charge in [-0.3, -0.25) is 10.1 Å². The van der Waals surface area contributed by atoms with Gasteiger partial charge in [0.05, 0.1) is 12.0 Å². The number of fused-ring (bicyclic) bond motifs is 1. The van der Waals surface area contributed by atoms with E-state index in [0.717, 1.165) is 0 Å². The molecule has 0 aliphatic carbocycles. The molecule has 1 heterocycles. The second-order valence-electron chi connectivity index (χ2n) is 3.61. The molecule has 0 atom stereocenters. The van der Waals surface area contributed by atoms with E-state index in [0.29, 0.717) is 0 Å². The van der Waals surface area contributed by atoms with Crippen molar-refractivity contribution in [3.05, 3.63) is 33.6 Å². The van der Waals surface area contributed by atoms with Crippen LogP contribution < -0.4 is 4.74 Å². The number of ether oxygens (including phenoxy) is 1. The van der Waals surface area contributed by atoms with Gasteiger partial charge in [0.2, 0.25) is 5.76 Å². The maximum absolute atomic E-state index is 11.0. The van der Waals surface area contributed by atoms with Crippen molar-refractivity contribution in [2.75, 3.05) is 7.11 Å². The molecule has 0 radical (unpaired) electrons. The first kappa shape index (κ1) is 11.9. The van der Waals surface area contributed by atoms with Crippen molar-refractivity contribution in [2.24, 2.45) is 0 Å². The third kappa shape index (κ3) is 1.56. The Labute approximate surface area is 101 Å². The van der Waals surface area contributed by atoms with Gasteiger partial charge >= 0.3 is 5.97 Å². The normalized spacial score (nSPS) is 10.6. The second kappa shape index (κ2) is 4.02. The zero-order valence-electron chi connectivity index (χ0n) is 9.59. The number of methoxy groups -OCH3 is 1. The maximum atomic E-state index is 11.0. The number of nitro benzene ring substituents is 1. The van der Waals surface area contributed by atoms with Crippen molar-refractivity contribution in [2.45, 2.75) is 6.92 Å². The molecule has 0 spiro atoms. The van der Waals surface area contributed by atoms with Gasteiger partial charge in [-0.25, -0.2) is 4.79 Å². The lowest BCUT2D eigenvalue weighted by molar-refractivity contribution is -0.383. The van der Waals surface area contributed by atoms with Crippen molar-refractivity contribution < 1.29 is 24.0 Å². The van der Waals surface area contributed by atoms with E-state index in [2.05, 4.69) is 0 Å². The van der Waals surface area contributed by atoms with E-state index < -0.39 is 10.9 Å². The molecular formula is C11H9NO6. The molecule has 18 heavy (non-hydrogen) atoms. The van der Waals surface area contributed by atoms with E-state index in [4.69, 9.17) is 14.3 Å².